The van der Waals surface area contributed by atoms with Crippen LogP contribution in [-0.4, -0.2) is 15.1 Å². The number of aromatic nitrogens is 2. The average molecular weight is 253 g/mol. The van der Waals surface area contributed by atoms with E-state index < -0.39 is 0 Å². The predicted octanol–water partition coefficient (Wildman–Crippen LogP) is 2.56. The van der Waals surface area contributed by atoms with Crippen molar-refractivity contribution >= 4 is 11.0 Å². The maximum atomic E-state index is 9.22. The van der Waals surface area contributed by atoms with Crippen molar-refractivity contribution < 1.29 is 5.11 Å². The van der Waals surface area contributed by atoms with E-state index in [9.17, 15) is 5.11 Å². The number of phenolic OH excluding ortho intramolecular Hbond substituents is 1. The highest BCUT2D eigenvalue weighted by Gasteiger charge is 2.03. The summed E-state index contributed by atoms with van der Waals surface area (Å²) in [5, 5.41) is 13.8. The molecule has 0 spiro atoms. The van der Waals surface area contributed by atoms with Crippen molar-refractivity contribution in [1.29, 1.82) is 0 Å². The average Bonchev–Trinajstić information content (AvgIpc) is 2.85. The second kappa shape index (κ2) is 5.12. The summed E-state index contributed by atoms with van der Waals surface area (Å²) in [6.45, 7) is 1.56. The Balaban J connectivity index is 1.65. The minimum atomic E-state index is 0.298. The molecule has 0 atom stereocenters. The zero-order chi connectivity index (χ0) is 13.1. The van der Waals surface area contributed by atoms with Gasteiger partial charge in [0.25, 0.3) is 0 Å². The third-order valence-corrected chi connectivity index (χ3v) is 3.12. The fourth-order valence-electron chi connectivity index (χ4n) is 2.11. The molecule has 0 saturated carbocycles. The summed E-state index contributed by atoms with van der Waals surface area (Å²) in [4.78, 5) is 7.43. The van der Waals surface area contributed by atoms with Crippen LogP contribution in [0.2, 0.25) is 0 Å². The molecule has 1 aromatic carbocycles. The van der Waals surface area contributed by atoms with Gasteiger partial charge < -0.3 is 15.4 Å². The first-order valence-electron chi connectivity index (χ1n) is 6.22. The minimum absolute atomic E-state index is 0.298. The van der Waals surface area contributed by atoms with Crippen LogP contribution in [-0.2, 0) is 13.1 Å². The molecule has 2 heterocycles. The molecule has 96 valence electrons. The van der Waals surface area contributed by atoms with E-state index in [1.807, 2.05) is 24.4 Å². The monoisotopic (exact) mass is 253 g/mol. The number of nitrogens with zero attached hydrogens (tertiary/aromatic N) is 1. The minimum Gasteiger partial charge on any atom is -0.508 e. The van der Waals surface area contributed by atoms with Crippen LogP contribution in [0.5, 0.6) is 5.75 Å². The Labute approximate surface area is 111 Å². The van der Waals surface area contributed by atoms with Crippen LogP contribution < -0.4 is 5.32 Å². The van der Waals surface area contributed by atoms with Crippen LogP contribution in [0.4, 0.5) is 0 Å². The lowest BCUT2D eigenvalue weighted by atomic mass is 10.2. The summed E-state index contributed by atoms with van der Waals surface area (Å²) in [5.41, 5.74) is 3.28. The van der Waals surface area contributed by atoms with Crippen molar-refractivity contribution in [2.45, 2.75) is 13.1 Å². The molecule has 19 heavy (non-hydrogen) atoms. The molecule has 3 rings (SSSR count). The van der Waals surface area contributed by atoms with E-state index in [0.29, 0.717) is 5.75 Å². The molecule has 0 aliphatic rings. The van der Waals surface area contributed by atoms with Gasteiger partial charge in [-0.25, -0.2) is 4.98 Å². The number of hydrogen-bond acceptors (Lipinski definition) is 3. The van der Waals surface area contributed by atoms with E-state index in [-0.39, 0.29) is 0 Å². The van der Waals surface area contributed by atoms with E-state index in [2.05, 4.69) is 21.4 Å². The van der Waals surface area contributed by atoms with Gasteiger partial charge in [0.05, 0.1) is 0 Å². The predicted molar refractivity (Wildman–Crippen MR) is 74.7 cm³/mol. The Morgan fingerprint density at radius 1 is 1.11 bits per heavy atom. The third kappa shape index (κ3) is 2.58. The third-order valence-electron chi connectivity index (χ3n) is 3.12. The summed E-state index contributed by atoms with van der Waals surface area (Å²) >= 11 is 0. The fraction of sp³-hybridized carbons (Fsp3) is 0.133. The fourth-order valence-corrected chi connectivity index (χ4v) is 2.11. The molecular weight excluding hydrogens is 238 g/mol. The number of hydrogen-bond donors (Lipinski definition) is 3. The summed E-state index contributed by atoms with van der Waals surface area (Å²) in [6.07, 6.45) is 3.77. The molecule has 0 bridgehead atoms. The second-order valence-electron chi connectivity index (χ2n) is 4.48. The Bertz CT molecular complexity index is 673. The molecule has 2 aromatic heterocycles. The number of rotatable bonds is 4. The van der Waals surface area contributed by atoms with Gasteiger partial charge in [-0.15, -0.1) is 0 Å². The van der Waals surface area contributed by atoms with E-state index in [4.69, 9.17) is 0 Å². The Hall–Kier alpha value is -2.33. The summed E-state index contributed by atoms with van der Waals surface area (Å²) in [7, 11) is 0. The van der Waals surface area contributed by atoms with Gasteiger partial charge in [0.15, 0.2) is 0 Å². The van der Waals surface area contributed by atoms with Crippen LogP contribution in [0.15, 0.2) is 48.8 Å². The number of H-pyrrole nitrogens is 1. The van der Waals surface area contributed by atoms with Crippen LogP contribution in [0, 0.1) is 0 Å². The molecule has 0 fully saturated rings. The SMILES string of the molecule is Oc1ccc(CNCc2c[nH]c3ncccc23)cc1. The molecule has 3 aromatic rings. The van der Waals surface area contributed by atoms with Crippen molar-refractivity contribution in [1.82, 2.24) is 15.3 Å². The number of nitrogens with one attached hydrogen (secondary N) is 2. The molecule has 0 saturated heterocycles. The van der Waals surface area contributed by atoms with Gasteiger partial charge in [-0.2, -0.15) is 0 Å². The van der Waals surface area contributed by atoms with E-state index in [1.54, 1.807) is 18.3 Å². The second-order valence-corrected chi connectivity index (χ2v) is 4.48. The Morgan fingerprint density at radius 2 is 1.95 bits per heavy atom. The zero-order valence-electron chi connectivity index (χ0n) is 10.4. The summed E-state index contributed by atoms with van der Waals surface area (Å²) in [6, 6.07) is 11.2. The lowest BCUT2D eigenvalue weighted by molar-refractivity contribution is 0.475. The van der Waals surface area contributed by atoms with Gasteiger partial charge in [0.1, 0.15) is 11.4 Å². The number of pyridine rings is 1. The number of phenols is 1. The first-order valence-corrected chi connectivity index (χ1v) is 6.22. The highest BCUT2D eigenvalue weighted by Crippen LogP contribution is 2.15. The van der Waals surface area contributed by atoms with Gasteiger partial charge in [-0.3, -0.25) is 0 Å². The molecule has 4 heteroatoms. The van der Waals surface area contributed by atoms with Gasteiger partial charge >= 0.3 is 0 Å². The number of fused-ring (bicyclic) bond motifs is 1. The van der Waals surface area contributed by atoms with E-state index in [0.717, 1.165) is 29.7 Å². The molecule has 0 radical (unpaired) electrons. The maximum Gasteiger partial charge on any atom is 0.137 e. The van der Waals surface area contributed by atoms with Crippen LogP contribution >= 0.6 is 0 Å². The summed E-state index contributed by atoms with van der Waals surface area (Å²) in [5.74, 6) is 0.298. The molecule has 3 N–H and O–H groups in total. The topological polar surface area (TPSA) is 60.9 Å². The highest BCUT2D eigenvalue weighted by atomic mass is 16.3. The first-order chi connectivity index (χ1) is 9.33. The number of aromatic amines is 1. The normalized spacial score (nSPS) is 10.9. The van der Waals surface area contributed by atoms with Gasteiger partial charge in [0.2, 0.25) is 0 Å². The number of benzene rings is 1. The zero-order valence-corrected chi connectivity index (χ0v) is 10.4. The van der Waals surface area contributed by atoms with Crippen molar-refractivity contribution in [2.24, 2.45) is 0 Å². The standard InChI is InChI=1S/C15H15N3O/c19-13-5-3-11(4-6-13)8-16-9-12-10-18-15-14(12)2-1-7-17-15/h1-7,10,16,19H,8-9H2,(H,17,18). The first kappa shape index (κ1) is 11.7. The van der Waals surface area contributed by atoms with Gasteiger partial charge in [-0.05, 0) is 35.4 Å². The largest absolute Gasteiger partial charge is 0.508 e. The van der Waals surface area contributed by atoms with Crippen LogP contribution in [0.3, 0.4) is 0 Å². The van der Waals surface area contributed by atoms with Crippen LogP contribution in [0.1, 0.15) is 11.1 Å². The lowest BCUT2D eigenvalue weighted by Crippen LogP contribution is -2.12. The van der Waals surface area contributed by atoms with Crippen molar-refractivity contribution in [3.05, 3.63) is 59.9 Å². The van der Waals surface area contributed by atoms with Gasteiger partial charge in [-0.1, -0.05) is 12.1 Å². The van der Waals surface area contributed by atoms with E-state index >= 15 is 0 Å². The lowest BCUT2D eigenvalue weighted by Gasteiger charge is -2.04. The molecule has 0 aliphatic carbocycles. The maximum absolute atomic E-state index is 9.22. The molecule has 0 aliphatic heterocycles. The number of aromatic hydroxyl groups is 1. The highest BCUT2D eigenvalue weighted by molar-refractivity contribution is 5.79. The summed E-state index contributed by atoms with van der Waals surface area (Å²) < 4.78 is 0. The van der Waals surface area contributed by atoms with E-state index in [1.165, 1.54) is 5.56 Å². The molecular formula is C15H15N3O. The molecule has 0 amide bonds. The van der Waals surface area contributed by atoms with Crippen LogP contribution in [0.25, 0.3) is 11.0 Å². The molecule has 4 nitrogen and oxygen atoms in total. The van der Waals surface area contributed by atoms with Crippen molar-refractivity contribution in [3.63, 3.8) is 0 Å². The van der Waals surface area contributed by atoms with Crippen molar-refractivity contribution in [2.75, 3.05) is 0 Å². The Kier molecular flexibility index (Phi) is 3.16. The molecule has 0 unspecified atom stereocenters. The Morgan fingerprint density at radius 3 is 2.79 bits per heavy atom. The van der Waals surface area contributed by atoms with Crippen molar-refractivity contribution in [3.8, 4) is 5.75 Å². The van der Waals surface area contributed by atoms with Gasteiger partial charge in [0, 0.05) is 30.9 Å². The quantitative estimate of drug-likeness (QED) is 0.669. The smallest absolute Gasteiger partial charge is 0.137 e.